The Labute approximate surface area is 104 Å². The number of nitrogens with zero attached hydrogens (tertiary/aromatic N) is 3. The first-order chi connectivity index (χ1) is 8.56. The summed E-state index contributed by atoms with van der Waals surface area (Å²) >= 11 is 0. The Morgan fingerprint density at radius 1 is 1.28 bits per heavy atom. The molecule has 0 aliphatic carbocycles. The van der Waals surface area contributed by atoms with Crippen LogP contribution in [0.25, 0.3) is 0 Å². The molecule has 94 valence electrons. The van der Waals surface area contributed by atoms with Crippen LogP contribution in [0.5, 0.6) is 0 Å². The number of hydrogen-bond acceptors (Lipinski definition) is 3. The Bertz CT molecular complexity index is 560. The molecule has 1 aromatic carbocycles. The standard InChI is InChI=1S/C13H14FN3O/c1-9-15-10(2)17(16-9)8-7-13(18)11-3-5-12(14)6-4-11/h3-6H,7-8H2,1-2H3. The van der Waals surface area contributed by atoms with Gasteiger partial charge in [0, 0.05) is 12.0 Å². The minimum atomic E-state index is -0.339. The summed E-state index contributed by atoms with van der Waals surface area (Å²) in [6.45, 7) is 4.15. The number of benzene rings is 1. The molecule has 0 unspecified atom stereocenters. The van der Waals surface area contributed by atoms with Gasteiger partial charge >= 0.3 is 0 Å². The summed E-state index contributed by atoms with van der Waals surface area (Å²) < 4.78 is 14.4. The van der Waals surface area contributed by atoms with Crippen LogP contribution in [0, 0.1) is 19.7 Å². The van der Waals surface area contributed by atoms with Gasteiger partial charge in [-0.2, -0.15) is 5.10 Å². The molecule has 0 aliphatic rings. The molecule has 2 rings (SSSR count). The number of rotatable bonds is 4. The largest absolute Gasteiger partial charge is 0.294 e. The summed E-state index contributed by atoms with van der Waals surface area (Å²) in [4.78, 5) is 16.0. The molecule has 0 saturated carbocycles. The molecule has 0 fully saturated rings. The van der Waals surface area contributed by atoms with Crippen LogP contribution in [-0.2, 0) is 6.54 Å². The molecule has 18 heavy (non-hydrogen) atoms. The first kappa shape index (κ1) is 12.4. The van der Waals surface area contributed by atoms with Gasteiger partial charge in [0.15, 0.2) is 5.78 Å². The van der Waals surface area contributed by atoms with Crippen LogP contribution in [0.15, 0.2) is 24.3 Å². The molecule has 0 radical (unpaired) electrons. The molecule has 0 atom stereocenters. The van der Waals surface area contributed by atoms with Gasteiger partial charge in [0.1, 0.15) is 17.5 Å². The molecule has 0 spiro atoms. The van der Waals surface area contributed by atoms with Gasteiger partial charge in [-0.3, -0.25) is 4.79 Å². The number of hydrogen-bond donors (Lipinski definition) is 0. The fourth-order valence-electron chi connectivity index (χ4n) is 1.76. The highest BCUT2D eigenvalue weighted by atomic mass is 19.1. The highest BCUT2D eigenvalue weighted by Crippen LogP contribution is 2.07. The molecule has 0 saturated heterocycles. The van der Waals surface area contributed by atoms with E-state index in [9.17, 15) is 9.18 Å². The number of Topliss-reactive ketones (excluding diaryl/α,β-unsaturated/α-hetero) is 1. The smallest absolute Gasteiger partial charge is 0.164 e. The summed E-state index contributed by atoms with van der Waals surface area (Å²) in [6.07, 6.45) is 0.329. The quantitative estimate of drug-likeness (QED) is 0.779. The van der Waals surface area contributed by atoms with Crippen molar-refractivity contribution < 1.29 is 9.18 Å². The first-order valence-electron chi connectivity index (χ1n) is 5.73. The van der Waals surface area contributed by atoms with Crippen LogP contribution in [-0.4, -0.2) is 20.5 Å². The van der Waals surface area contributed by atoms with Gasteiger partial charge in [-0.1, -0.05) is 0 Å². The lowest BCUT2D eigenvalue weighted by Gasteiger charge is -2.03. The SMILES string of the molecule is Cc1nc(C)n(CCC(=O)c2ccc(F)cc2)n1. The lowest BCUT2D eigenvalue weighted by atomic mass is 10.1. The van der Waals surface area contributed by atoms with Gasteiger partial charge in [-0.15, -0.1) is 0 Å². The third-order valence-electron chi connectivity index (χ3n) is 2.68. The van der Waals surface area contributed by atoms with Gasteiger partial charge in [-0.05, 0) is 38.1 Å². The minimum Gasteiger partial charge on any atom is -0.294 e. The van der Waals surface area contributed by atoms with E-state index in [4.69, 9.17) is 0 Å². The Hall–Kier alpha value is -2.04. The Balaban J connectivity index is 2.00. The summed E-state index contributed by atoms with van der Waals surface area (Å²) in [6, 6.07) is 5.57. The fraction of sp³-hybridized carbons (Fsp3) is 0.308. The van der Waals surface area contributed by atoms with Crippen LogP contribution in [0.2, 0.25) is 0 Å². The minimum absolute atomic E-state index is 0.0254. The van der Waals surface area contributed by atoms with Crippen molar-refractivity contribution in [3.8, 4) is 0 Å². The number of carbonyl (C=O) groups excluding carboxylic acids is 1. The van der Waals surface area contributed by atoms with E-state index in [0.29, 0.717) is 24.4 Å². The van der Waals surface area contributed by atoms with Crippen LogP contribution < -0.4 is 0 Å². The molecule has 4 nitrogen and oxygen atoms in total. The summed E-state index contributed by atoms with van der Waals surface area (Å²) in [5.74, 6) is 1.12. The van der Waals surface area contributed by atoms with Gasteiger partial charge in [0.05, 0.1) is 6.54 Å². The molecule has 1 heterocycles. The second kappa shape index (κ2) is 5.08. The van der Waals surface area contributed by atoms with Crippen molar-refractivity contribution in [1.82, 2.24) is 14.8 Å². The number of aromatic nitrogens is 3. The number of carbonyl (C=O) groups is 1. The van der Waals surface area contributed by atoms with Crippen LogP contribution in [0.3, 0.4) is 0 Å². The van der Waals surface area contributed by atoms with E-state index in [2.05, 4.69) is 10.1 Å². The second-order valence-corrected chi connectivity index (χ2v) is 4.11. The third kappa shape index (κ3) is 2.80. The predicted octanol–water partition coefficient (Wildman–Crippen LogP) is 2.31. The van der Waals surface area contributed by atoms with Crippen LogP contribution >= 0.6 is 0 Å². The first-order valence-corrected chi connectivity index (χ1v) is 5.73. The van der Waals surface area contributed by atoms with Crippen molar-refractivity contribution in [2.45, 2.75) is 26.8 Å². The summed E-state index contributed by atoms with van der Waals surface area (Å²) in [5.41, 5.74) is 0.519. The highest BCUT2D eigenvalue weighted by Gasteiger charge is 2.08. The maximum absolute atomic E-state index is 12.7. The zero-order valence-electron chi connectivity index (χ0n) is 10.4. The Morgan fingerprint density at radius 3 is 2.50 bits per heavy atom. The fourth-order valence-corrected chi connectivity index (χ4v) is 1.76. The van der Waals surface area contributed by atoms with Gasteiger partial charge in [0.25, 0.3) is 0 Å². The van der Waals surface area contributed by atoms with Crippen LogP contribution in [0.1, 0.15) is 28.4 Å². The lowest BCUT2D eigenvalue weighted by Crippen LogP contribution is -2.08. The number of aryl methyl sites for hydroxylation is 3. The van der Waals surface area contributed by atoms with Gasteiger partial charge < -0.3 is 0 Å². The molecule has 1 aromatic heterocycles. The van der Waals surface area contributed by atoms with Crippen molar-refractivity contribution in [1.29, 1.82) is 0 Å². The monoisotopic (exact) mass is 247 g/mol. The lowest BCUT2D eigenvalue weighted by molar-refractivity contribution is 0.0975. The zero-order valence-corrected chi connectivity index (χ0v) is 10.4. The molecule has 5 heteroatoms. The van der Waals surface area contributed by atoms with Crippen LogP contribution in [0.4, 0.5) is 4.39 Å². The molecular formula is C13H14FN3O. The Morgan fingerprint density at radius 2 is 1.94 bits per heavy atom. The van der Waals surface area contributed by atoms with Gasteiger partial charge in [0.2, 0.25) is 0 Å². The van der Waals surface area contributed by atoms with Gasteiger partial charge in [-0.25, -0.2) is 14.1 Å². The summed E-state index contributed by atoms with van der Waals surface area (Å²) in [5, 5.41) is 4.18. The maximum Gasteiger partial charge on any atom is 0.164 e. The van der Waals surface area contributed by atoms with E-state index in [0.717, 1.165) is 5.82 Å². The normalized spacial score (nSPS) is 10.6. The van der Waals surface area contributed by atoms with E-state index in [1.54, 1.807) is 4.68 Å². The third-order valence-corrected chi connectivity index (χ3v) is 2.68. The van der Waals surface area contributed by atoms with E-state index >= 15 is 0 Å². The molecule has 0 N–H and O–H groups in total. The van der Waals surface area contributed by atoms with E-state index in [1.807, 2.05) is 13.8 Å². The second-order valence-electron chi connectivity index (χ2n) is 4.11. The van der Waals surface area contributed by atoms with Crippen molar-refractivity contribution >= 4 is 5.78 Å². The van der Waals surface area contributed by atoms with Crippen molar-refractivity contribution in [2.24, 2.45) is 0 Å². The van der Waals surface area contributed by atoms with Crippen molar-refractivity contribution in [2.75, 3.05) is 0 Å². The average Bonchev–Trinajstić information content (AvgIpc) is 2.66. The molecule has 0 bridgehead atoms. The van der Waals surface area contributed by atoms with Crippen molar-refractivity contribution in [3.05, 3.63) is 47.3 Å². The van der Waals surface area contributed by atoms with E-state index in [-0.39, 0.29) is 11.6 Å². The molecule has 2 aromatic rings. The zero-order chi connectivity index (χ0) is 13.1. The number of ketones is 1. The summed E-state index contributed by atoms with van der Waals surface area (Å²) in [7, 11) is 0. The molecule has 0 amide bonds. The van der Waals surface area contributed by atoms with E-state index < -0.39 is 0 Å². The van der Waals surface area contributed by atoms with E-state index in [1.165, 1.54) is 24.3 Å². The number of halogens is 1. The Kier molecular flexibility index (Phi) is 3.50. The topological polar surface area (TPSA) is 47.8 Å². The highest BCUT2D eigenvalue weighted by molar-refractivity contribution is 5.95. The maximum atomic E-state index is 12.7. The average molecular weight is 247 g/mol. The van der Waals surface area contributed by atoms with Crippen molar-refractivity contribution in [3.63, 3.8) is 0 Å². The molecular weight excluding hydrogens is 233 g/mol. The predicted molar refractivity (Wildman–Crippen MR) is 64.8 cm³/mol. The molecule has 0 aliphatic heterocycles.